The summed E-state index contributed by atoms with van der Waals surface area (Å²) in [6.07, 6.45) is 0. The van der Waals surface area contributed by atoms with Crippen molar-refractivity contribution in [2.75, 3.05) is 14.2 Å². The van der Waals surface area contributed by atoms with Crippen molar-refractivity contribution >= 4 is 0 Å². The van der Waals surface area contributed by atoms with E-state index in [1.165, 1.54) is 0 Å². The van der Waals surface area contributed by atoms with Crippen LogP contribution in [0.5, 0.6) is 11.5 Å². The van der Waals surface area contributed by atoms with Crippen LogP contribution in [0.15, 0.2) is 18.2 Å². The molecule has 0 bridgehead atoms. The first kappa shape index (κ1) is 10.8. The number of rotatable bonds is 2. The smallest absolute Gasteiger partial charge is 0.522 e. The fourth-order valence-corrected chi connectivity index (χ4v) is 0.666. The van der Waals surface area contributed by atoms with E-state index in [1.54, 1.807) is 14.2 Å². The predicted octanol–water partition coefficient (Wildman–Crippen LogP) is -1.49. The van der Waals surface area contributed by atoms with Gasteiger partial charge in [0.2, 0.25) is 0 Å². The maximum absolute atomic E-state index is 4.92. The predicted molar refractivity (Wildman–Crippen MR) is 38.4 cm³/mol. The first-order valence-corrected chi connectivity index (χ1v) is 2.97. The Kier molecular flexibility index (Phi) is 5.38. The van der Waals surface area contributed by atoms with Crippen molar-refractivity contribution in [3.63, 3.8) is 0 Å². The maximum atomic E-state index is 4.92. The summed E-state index contributed by atoms with van der Waals surface area (Å²) in [5.74, 6) is 1.39. The summed E-state index contributed by atoms with van der Waals surface area (Å²) in [5.41, 5.74) is 0. The van der Waals surface area contributed by atoms with Crippen LogP contribution in [0.3, 0.4) is 0 Å². The van der Waals surface area contributed by atoms with E-state index in [0.717, 1.165) is 0 Å². The molecule has 0 aliphatic heterocycles. The standard InChI is InChI=1S/C8H9O2.Na/c1-9-7-4-3-5-8(6-7)10-2;/h3-5H,1-2H3;/q-1;+1. The molecular formula is C8H9NaO2. The summed E-state index contributed by atoms with van der Waals surface area (Å²) in [7, 11) is 3.20. The molecular weight excluding hydrogens is 151 g/mol. The zero-order valence-corrected chi connectivity index (χ0v) is 9.05. The number of hydrogen-bond acceptors (Lipinski definition) is 2. The Labute approximate surface area is 88.8 Å². The molecule has 0 unspecified atom stereocenters. The minimum absolute atomic E-state index is 0. The van der Waals surface area contributed by atoms with Crippen molar-refractivity contribution in [2.24, 2.45) is 0 Å². The molecule has 1 rings (SSSR count). The molecule has 2 nitrogen and oxygen atoms in total. The summed E-state index contributed by atoms with van der Waals surface area (Å²) < 4.78 is 9.84. The van der Waals surface area contributed by atoms with Crippen molar-refractivity contribution < 1.29 is 39.0 Å². The number of hydrogen-bond donors (Lipinski definition) is 0. The van der Waals surface area contributed by atoms with Gasteiger partial charge in [-0.3, -0.25) is 0 Å². The number of ether oxygens (including phenoxy) is 2. The van der Waals surface area contributed by atoms with E-state index in [9.17, 15) is 0 Å². The van der Waals surface area contributed by atoms with Gasteiger partial charge in [0.05, 0.1) is 14.2 Å². The molecule has 54 valence electrons. The Hall–Kier alpha value is -0.180. The van der Waals surface area contributed by atoms with E-state index in [-0.39, 0.29) is 29.6 Å². The molecule has 0 radical (unpaired) electrons. The minimum atomic E-state index is 0. The third-order valence-electron chi connectivity index (χ3n) is 1.18. The number of methoxy groups -OCH3 is 2. The average Bonchev–Trinajstić information content (AvgIpc) is 2.05. The van der Waals surface area contributed by atoms with Crippen LogP contribution in [0, 0.1) is 6.07 Å². The van der Waals surface area contributed by atoms with Crippen molar-refractivity contribution in [1.82, 2.24) is 0 Å². The zero-order valence-electron chi connectivity index (χ0n) is 7.05. The van der Waals surface area contributed by atoms with Crippen molar-refractivity contribution in [3.05, 3.63) is 24.3 Å². The summed E-state index contributed by atoms with van der Waals surface area (Å²) in [4.78, 5) is 0. The topological polar surface area (TPSA) is 18.5 Å². The van der Waals surface area contributed by atoms with E-state index in [0.29, 0.717) is 11.5 Å². The molecule has 1 aromatic carbocycles. The second-order valence-electron chi connectivity index (χ2n) is 1.79. The fraction of sp³-hybridized carbons (Fsp3) is 0.250. The second-order valence-corrected chi connectivity index (χ2v) is 1.79. The van der Waals surface area contributed by atoms with E-state index in [1.807, 2.05) is 18.2 Å². The van der Waals surface area contributed by atoms with Gasteiger partial charge in [0.15, 0.2) is 0 Å². The van der Waals surface area contributed by atoms with Gasteiger partial charge in [0.1, 0.15) is 0 Å². The van der Waals surface area contributed by atoms with Gasteiger partial charge in [-0.2, -0.15) is 6.07 Å². The quantitative estimate of drug-likeness (QED) is 0.387. The molecule has 0 aromatic heterocycles. The second kappa shape index (κ2) is 5.47. The molecule has 0 heterocycles. The van der Waals surface area contributed by atoms with Crippen LogP contribution in [0.25, 0.3) is 0 Å². The van der Waals surface area contributed by atoms with Crippen LogP contribution in [0.2, 0.25) is 0 Å². The molecule has 0 atom stereocenters. The van der Waals surface area contributed by atoms with Gasteiger partial charge < -0.3 is 9.47 Å². The maximum Gasteiger partial charge on any atom is 1.00 e. The Morgan fingerprint density at radius 2 is 1.55 bits per heavy atom. The van der Waals surface area contributed by atoms with Crippen LogP contribution >= 0.6 is 0 Å². The molecule has 0 aliphatic rings. The minimum Gasteiger partial charge on any atom is -0.522 e. The van der Waals surface area contributed by atoms with Gasteiger partial charge in [0, 0.05) is 11.5 Å². The molecule has 0 amide bonds. The monoisotopic (exact) mass is 160 g/mol. The molecule has 0 saturated carbocycles. The largest absolute Gasteiger partial charge is 1.00 e. The molecule has 11 heavy (non-hydrogen) atoms. The normalized spacial score (nSPS) is 8.18. The molecule has 0 saturated heterocycles. The average molecular weight is 160 g/mol. The molecule has 0 fully saturated rings. The van der Waals surface area contributed by atoms with Crippen LogP contribution in [-0.4, -0.2) is 14.2 Å². The summed E-state index contributed by atoms with van der Waals surface area (Å²) in [6, 6.07) is 8.40. The van der Waals surface area contributed by atoms with Gasteiger partial charge >= 0.3 is 29.6 Å². The van der Waals surface area contributed by atoms with E-state index in [4.69, 9.17) is 9.47 Å². The Bertz CT molecular complexity index is 194. The molecule has 1 aromatic rings. The van der Waals surface area contributed by atoms with Gasteiger partial charge in [-0.1, -0.05) is 6.07 Å². The third-order valence-corrected chi connectivity index (χ3v) is 1.18. The summed E-state index contributed by atoms with van der Waals surface area (Å²) >= 11 is 0. The van der Waals surface area contributed by atoms with Crippen LogP contribution in [0.4, 0.5) is 0 Å². The first-order valence-electron chi connectivity index (χ1n) is 2.97. The Balaban J connectivity index is 0.000001000. The molecule has 3 heteroatoms. The summed E-state index contributed by atoms with van der Waals surface area (Å²) in [5, 5.41) is 0. The van der Waals surface area contributed by atoms with Gasteiger partial charge in [0.25, 0.3) is 0 Å². The Morgan fingerprint density at radius 1 is 1.09 bits per heavy atom. The molecule has 0 N–H and O–H groups in total. The first-order chi connectivity index (χ1) is 4.86. The Morgan fingerprint density at radius 3 is 1.91 bits per heavy atom. The van der Waals surface area contributed by atoms with E-state index < -0.39 is 0 Å². The third kappa shape index (κ3) is 3.14. The molecule has 0 aliphatic carbocycles. The van der Waals surface area contributed by atoms with Crippen molar-refractivity contribution in [1.29, 1.82) is 0 Å². The van der Waals surface area contributed by atoms with Gasteiger partial charge in [-0.05, 0) is 0 Å². The van der Waals surface area contributed by atoms with Gasteiger partial charge in [-0.15, -0.1) is 12.1 Å². The summed E-state index contributed by atoms with van der Waals surface area (Å²) in [6.45, 7) is 0. The van der Waals surface area contributed by atoms with Gasteiger partial charge in [-0.25, -0.2) is 0 Å². The van der Waals surface area contributed by atoms with Crippen LogP contribution in [-0.2, 0) is 0 Å². The van der Waals surface area contributed by atoms with Crippen LogP contribution < -0.4 is 39.0 Å². The van der Waals surface area contributed by atoms with Crippen molar-refractivity contribution in [2.45, 2.75) is 0 Å². The van der Waals surface area contributed by atoms with E-state index in [2.05, 4.69) is 6.07 Å². The number of benzene rings is 1. The SMILES string of the molecule is COc1[c-]c(OC)ccc1.[Na+]. The van der Waals surface area contributed by atoms with Crippen molar-refractivity contribution in [3.8, 4) is 11.5 Å². The fourth-order valence-electron chi connectivity index (χ4n) is 0.666. The molecule has 0 spiro atoms. The van der Waals surface area contributed by atoms with Crippen LogP contribution in [0.1, 0.15) is 0 Å². The zero-order chi connectivity index (χ0) is 7.40. The van der Waals surface area contributed by atoms with E-state index >= 15 is 0 Å².